The van der Waals surface area contributed by atoms with Crippen LogP contribution in [0.3, 0.4) is 0 Å². The van der Waals surface area contributed by atoms with Gasteiger partial charge in [0.2, 0.25) is 0 Å². The molecule has 0 aliphatic carbocycles. The van der Waals surface area contributed by atoms with Crippen LogP contribution in [0.15, 0.2) is 36.5 Å². The van der Waals surface area contributed by atoms with Gasteiger partial charge >= 0.3 is 6.18 Å². The number of halogens is 3. The monoisotopic (exact) mass is 403 g/mol. The normalized spacial score (nSPS) is 18.3. The molecule has 1 aromatic carbocycles. The largest absolute Gasteiger partial charge is 0.416 e. The second-order valence-electron chi connectivity index (χ2n) is 7.81. The van der Waals surface area contributed by atoms with E-state index in [9.17, 15) is 13.2 Å². The van der Waals surface area contributed by atoms with Crippen molar-refractivity contribution in [3.8, 4) is 11.3 Å². The molecule has 1 fully saturated rings. The zero-order valence-corrected chi connectivity index (χ0v) is 16.7. The molecule has 0 unspecified atom stereocenters. The van der Waals surface area contributed by atoms with E-state index in [1.807, 2.05) is 30.9 Å². The molecule has 0 bridgehead atoms. The highest BCUT2D eigenvalue weighted by Crippen LogP contribution is 2.35. The SMILES string of the molecule is CN1CCC[C@@H](N(C)c2nnc(-c3ccc(C(F)(F)F)cc3)c3ccn(C)c23)C1. The predicted octanol–water partition coefficient (Wildman–Crippen LogP) is 4.18. The Morgan fingerprint density at radius 1 is 1.07 bits per heavy atom. The highest BCUT2D eigenvalue weighted by molar-refractivity contribution is 5.98. The lowest BCUT2D eigenvalue weighted by molar-refractivity contribution is -0.137. The van der Waals surface area contributed by atoms with Crippen LogP contribution < -0.4 is 4.90 Å². The average Bonchev–Trinajstić information content (AvgIpc) is 3.08. The van der Waals surface area contributed by atoms with E-state index >= 15 is 0 Å². The van der Waals surface area contributed by atoms with Gasteiger partial charge in [0.25, 0.3) is 0 Å². The van der Waals surface area contributed by atoms with E-state index < -0.39 is 11.7 Å². The van der Waals surface area contributed by atoms with E-state index in [1.165, 1.54) is 12.1 Å². The van der Waals surface area contributed by atoms with Gasteiger partial charge in [-0.05, 0) is 44.6 Å². The van der Waals surface area contributed by atoms with E-state index in [0.29, 0.717) is 17.3 Å². The number of piperidine rings is 1. The van der Waals surface area contributed by atoms with Gasteiger partial charge in [0.15, 0.2) is 5.82 Å². The van der Waals surface area contributed by atoms with Gasteiger partial charge in [-0.1, -0.05) is 12.1 Å². The first-order valence-corrected chi connectivity index (χ1v) is 9.66. The molecule has 1 saturated heterocycles. The minimum absolute atomic E-state index is 0.345. The first kappa shape index (κ1) is 19.7. The summed E-state index contributed by atoms with van der Waals surface area (Å²) in [6.45, 7) is 2.06. The summed E-state index contributed by atoms with van der Waals surface area (Å²) in [4.78, 5) is 4.50. The molecule has 3 aromatic rings. The van der Waals surface area contributed by atoms with Crippen LogP contribution in [-0.2, 0) is 13.2 Å². The van der Waals surface area contributed by atoms with Crippen LogP contribution in [0, 0.1) is 0 Å². The molecule has 0 amide bonds. The van der Waals surface area contributed by atoms with Crippen molar-refractivity contribution in [1.29, 1.82) is 0 Å². The van der Waals surface area contributed by atoms with Crippen LogP contribution >= 0.6 is 0 Å². The molecule has 0 spiro atoms. The van der Waals surface area contributed by atoms with Crippen molar-refractivity contribution in [3.63, 3.8) is 0 Å². The molecule has 154 valence electrons. The maximum Gasteiger partial charge on any atom is 0.416 e. The molecular formula is C21H24F3N5. The zero-order valence-electron chi connectivity index (χ0n) is 16.7. The minimum atomic E-state index is -4.36. The molecule has 1 atom stereocenters. The van der Waals surface area contributed by atoms with Crippen molar-refractivity contribution in [2.24, 2.45) is 7.05 Å². The Morgan fingerprint density at radius 3 is 2.45 bits per heavy atom. The third kappa shape index (κ3) is 3.69. The van der Waals surface area contributed by atoms with Crippen LogP contribution in [0.1, 0.15) is 18.4 Å². The third-order valence-electron chi connectivity index (χ3n) is 5.75. The highest BCUT2D eigenvalue weighted by atomic mass is 19.4. The number of benzene rings is 1. The Bertz CT molecular complexity index is 1010. The Balaban J connectivity index is 1.75. The molecule has 0 N–H and O–H groups in total. The Morgan fingerprint density at radius 2 is 1.79 bits per heavy atom. The third-order valence-corrected chi connectivity index (χ3v) is 5.75. The van der Waals surface area contributed by atoms with Gasteiger partial charge in [-0.3, -0.25) is 0 Å². The summed E-state index contributed by atoms with van der Waals surface area (Å²) in [5.74, 6) is 0.795. The van der Waals surface area contributed by atoms with E-state index in [4.69, 9.17) is 0 Å². The van der Waals surface area contributed by atoms with Gasteiger partial charge in [0, 0.05) is 43.8 Å². The van der Waals surface area contributed by atoms with Gasteiger partial charge < -0.3 is 14.4 Å². The number of aryl methyl sites for hydroxylation is 1. The lowest BCUT2D eigenvalue weighted by Crippen LogP contribution is -2.45. The maximum absolute atomic E-state index is 12.9. The van der Waals surface area contributed by atoms with Gasteiger partial charge in [-0.25, -0.2) is 0 Å². The molecule has 1 aliphatic heterocycles. The number of likely N-dealkylation sites (tertiary alicyclic amines) is 1. The molecule has 29 heavy (non-hydrogen) atoms. The summed E-state index contributed by atoms with van der Waals surface area (Å²) in [6.07, 6.45) is -0.189. The van der Waals surface area contributed by atoms with E-state index in [1.54, 1.807) is 0 Å². The maximum atomic E-state index is 12.9. The first-order valence-electron chi connectivity index (χ1n) is 9.66. The molecule has 0 saturated carbocycles. The fraction of sp³-hybridized carbons (Fsp3) is 0.429. The number of anilines is 1. The van der Waals surface area contributed by atoms with Crippen LogP contribution in [0.2, 0.25) is 0 Å². The smallest absolute Gasteiger partial charge is 0.352 e. The predicted molar refractivity (Wildman–Crippen MR) is 108 cm³/mol. The van der Waals surface area contributed by atoms with Crippen molar-refractivity contribution in [1.82, 2.24) is 19.7 Å². The van der Waals surface area contributed by atoms with Gasteiger partial charge in [0.05, 0.1) is 11.1 Å². The Hall–Kier alpha value is -2.61. The minimum Gasteiger partial charge on any atom is -0.352 e. The fourth-order valence-corrected chi connectivity index (χ4v) is 4.09. The molecule has 5 nitrogen and oxygen atoms in total. The van der Waals surface area contributed by atoms with Crippen LogP contribution in [0.5, 0.6) is 0 Å². The number of alkyl halides is 3. The fourth-order valence-electron chi connectivity index (χ4n) is 4.09. The summed E-state index contributed by atoms with van der Waals surface area (Å²) in [7, 11) is 6.11. The highest BCUT2D eigenvalue weighted by Gasteiger charge is 2.30. The van der Waals surface area contributed by atoms with Crippen LogP contribution in [0.4, 0.5) is 19.0 Å². The van der Waals surface area contributed by atoms with Crippen molar-refractivity contribution in [2.45, 2.75) is 25.1 Å². The first-order chi connectivity index (χ1) is 13.8. The summed E-state index contributed by atoms with van der Waals surface area (Å²) in [6, 6.07) is 7.38. The summed E-state index contributed by atoms with van der Waals surface area (Å²) in [5, 5.41) is 9.80. The number of fused-ring (bicyclic) bond motifs is 1. The number of nitrogens with zero attached hydrogens (tertiary/aromatic N) is 5. The number of hydrogen-bond donors (Lipinski definition) is 0. The quantitative estimate of drug-likeness (QED) is 0.657. The number of hydrogen-bond acceptors (Lipinski definition) is 4. The van der Waals surface area contributed by atoms with Crippen molar-refractivity contribution < 1.29 is 13.2 Å². The lowest BCUT2D eigenvalue weighted by atomic mass is 10.0. The van der Waals surface area contributed by atoms with Crippen LogP contribution in [0.25, 0.3) is 22.2 Å². The summed E-state index contributed by atoms with van der Waals surface area (Å²) >= 11 is 0. The van der Waals surface area contributed by atoms with Crippen molar-refractivity contribution >= 4 is 16.7 Å². The number of likely N-dealkylation sites (N-methyl/N-ethyl adjacent to an activating group) is 2. The molecule has 0 radical (unpaired) electrons. The molecule has 4 rings (SSSR count). The van der Waals surface area contributed by atoms with Gasteiger partial charge in [-0.15, -0.1) is 10.2 Å². The number of rotatable bonds is 3. The molecule has 1 aliphatic rings. The summed E-state index contributed by atoms with van der Waals surface area (Å²) in [5.41, 5.74) is 1.47. The standard InChI is InChI=1S/C21H24F3N5/c1-27-11-4-5-16(13-27)29(3)20-19-17(10-12-28(19)2)18(25-26-20)14-6-8-15(9-7-14)21(22,23)24/h6-10,12,16H,4-5,11,13H2,1-3H3/t16-/m1/s1. The van der Waals surface area contributed by atoms with Crippen LogP contribution in [-0.4, -0.2) is 52.9 Å². The second-order valence-corrected chi connectivity index (χ2v) is 7.81. The second kappa shape index (κ2) is 7.33. The molecule has 3 heterocycles. The van der Waals surface area contributed by atoms with E-state index in [2.05, 4.69) is 27.0 Å². The average molecular weight is 403 g/mol. The topological polar surface area (TPSA) is 37.2 Å². The van der Waals surface area contributed by atoms with Gasteiger partial charge in [0.1, 0.15) is 5.69 Å². The van der Waals surface area contributed by atoms with E-state index in [-0.39, 0.29) is 0 Å². The summed E-state index contributed by atoms with van der Waals surface area (Å²) < 4.78 is 40.6. The van der Waals surface area contributed by atoms with Gasteiger partial charge in [-0.2, -0.15) is 13.2 Å². The zero-order chi connectivity index (χ0) is 20.8. The van der Waals surface area contributed by atoms with Crippen molar-refractivity contribution in [2.75, 3.05) is 32.1 Å². The lowest BCUT2D eigenvalue weighted by Gasteiger charge is -2.36. The number of aromatic nitrogens is 3. The molecular weight excluding hydrogens is 379 g/mol. The van der Waals surface area contributed by atoms with E-state index in [0.717, 1.165) is 54.8 Å². The van der Waals surface area contributed by atoms with Crippen molar-refractivity contribution in [3.05, 3.63) is 42.1 Å². The Labute approximate surface area is 167 Å². The molecule has 8 heteroatoms. The molecule has 2 aromatic heterocycles. The Kier molecular flexibility index (Phi) is 4.98.